The number of halogens is 4. The first-order valence-electron chi connectivity index (χ1n) is 16.5. The number of hydrogen-bond acceptors (Lipinski definition) is 5. The third kappa shape index (κ3) is 6.95. The largest absolute Gasteiger partial charge is 0.496 e. The van der Waals surface area contributed by atoms with E-state index in [9.17, 15) is 37.1 Å². The van der Waals surface area contributed by atoms with Crippen molar-refractivity contribution in [3.8, 4) is 5.75 Å². The molecule has 1 unspecified atom stereocenters. The lowest BCUT2D eigenvalue weighted by Crippen LogP contribution is -2.45. The lowest BCUT2D eigenvalue weighted by atomic mass is 9.81. The van der Waals surface area contributed by atoms with Crippen molar-refractivity contribution in [1.82, 2.24) is 10.2 Å². The molecule has 1 heterocycles. The molecule has 4 fully saturated rings. The number of alkyl halides is 3. The van der Waals surface area contributed by atoms with E-state index in [1.54, 1.807) is 17.0 Å². The van der Waals surface area contributed by atoms with E-state index in [1.165, 1.54) is 26.5 Å². The molecule has 8 nitrogen and oxygen atoms in total. The number of hydrogen-bond donors (Lipinski definition) is 3. The van der Waals surface area contributed by atoms with Gasteiger partial charge in [-0.05, 0) is 99.6 Å². The number of amides is 3. The average molecular weight is 672 g/mol. The summed E-state index contributed by atoms with van der Waals surface area (Å²) >= 11 is 0. The SMILES string of the molecule is COc1ccc(C2CCN(C(=O)C(C)(C)O)C2)cc1C(=O)N[C@@H]1[C@@H](CC(=O)Nc2ccc(F)c(C(F)(F)F)c2)[C@H]2CC[C@@H]1/C2=C\C1CC1. The minimum atomic E-state index is -4.91. The molecule has 12 heteroatoms. The molecule has 1 aliphatic heterocycles. The maximum absolute atomic E-state index is 14.0. The molecule has 258 valence electrons. The van der Waals surface area contributed by atoms with Crippen LogP contribution in [0.15, 0.2) is 48.0 Å². The first kappa shape index (κ1) is 34.0. The number of anilines is 1. The van der Waals surface area contributed by atoms with Gasteiger partial charge in [-0.15, -0.1) is 0 Å². The number of allylic oxidation sites excluding steroid dienone is 1. The molecule has 2 aromatic rings. The van der Waals surface area contributed by atoms with Gasteiger partial charge in [-0.1, -0.05) is 17.7 Å². The van der Waals surface area contributed by atoms with Crippen LogP contribution in [0.5, 0.6) is 5.75 Å². The van der Waals surface area contributed by atoms with Gasteiger partial charge in [0, 0.05) is 43.1 Å². The van der Waals surface area contributed by atoms with E-state index < -0.39 is 29.1 Å². The molecule has 3 aliphatic carbocycles. The highest BCUT2D eigenvalue weighted by Gasteiger charge is 2.52. The smallest absolute Gasteiger partial charge is 0.419 e. The van der Waals surface area contributed by atoms with Crippen LogP contribution in [-0.4, -0.2) is 59.6 Å². The Morgan fingerprint density at radius 3 is 2.42 bits per heavy atom. The van der Waals surface area contributed by atoms with Gasteiger partial charge in [0.25, 0.3) is 11.8 Å². The van der Waals surface area contributed by atoms with Crippen LogP contribution >= 0.6 is 0 Å². The van der Waals surface area contributed by atoms with Crippen molar-refractivity contribution in [3.63, 3.8) is 0 Å². The number of aliphatic hydroxyl groups is 1. The molecule has 0 radical (unpaired) electrons. The van der Waals surface area contributed by atoms with Crippen LogP contribution in [0.2, 0.25) is 0 Å². The predicted octanol–water partition coefficient (Wildman–Crippen LogP) is 6.06. The number of carbonyl (C=O) groups excluding carboxylic acids is 3. The Hall–Kier alpha value is -3.93. The predicted molar refractivity (Wildman–Crippen MR) is 170 cm³/mol. The van der Waals surface area contributed by atoms with E-state index in [2.05, 4.69) is 16.7 Å². The van der Waals surface area contributed by atoms with Crippen molar-refractivity contribution in [1.29, 1.82) is 0 Å². The van der Waals surface area contributed by atoms with Crippen LogP contribution in [0.4, 0.5) is 23.2 Å². The maximum atomic E-state index is 14.0. The molecule has 5 atom stereocenters. The molecular weight excluding hydrogens is 630 g/mol. The molecule has 4 aliphatic rings. The van der Waals surface area contributed by atoms with Gasteiger partial charge >= 0.3 is 6.18 Å². The fourth-order valence-electron chi connectivity index (χ4n) is 7.86. The number of benzene rings is 2. The van der Waals surface area contributed by atoms with Crippen molar-refractivity contribution in [3.05, 3.63) is 70.6 Å². The fraction of sp³-hybridized carbons (Fsp3) is 0.528. The summed E-state index contributed by atoms with van der Waals surface area (Å²) in [5.41, 5.74) is -0.654. The Morgan fingerprint density at radius 2 is 1.75 bits per heavy atom. The minimum absolute atomic E-state index is 0.0306. The number of likely N-dealkylation sites (tertiary alicyclic amines) is 1. The van der Waals surface area contributed by atoms with Crippen molar-refractivity contribution >= 4 is 23.4 Å². The number of ether oxygens (including phenoxy) is 1. The number of fused-ring (bicyclic) bond motifs is 2. The van der Waals surface area contributed by atoms with Crippen LogP contribution in [-0.2, 0) is 15.8 Å². The van der Waals surface area contributed by atoms with Gasteiger partial charge in [-0.25, -0.2) is 4.39 Å². The second-order valence-electron chi connectivity index (χ2n) is 14.2. The normalized spacial score (nSPS) is 26.2. The Bertz CT molecular complexity index is 1630. The van der Waals surface area contributed by atoms with E-state index in [1.807, 2.05) is 6.07 Å². The third-order valence-electron chi connectivity index (χ3n) is 10.3. The van der Waals surface area contributed by atoms with Gasteiger partial charge in [0.1, 0.15) is 17.2 Å². The third-order valence-corrected chi connectivity index (χ3v) is 10.3. The molecule has 3 N–H and O–H groups in total. The van der Waals surface area contributed by atoms with Crippen molar-refractivity contribution in [2.24, 2.45) is 23.7 Å². The molecule has 3 amide bonds. The number of nitrogens with one attached hydrogen (secondary N) is 2. The lowest BCUT2D eigenvalue weighted by molar-refractivity contribution is -0.146. The van der Waals surface area contributed by atoms with Gasteiger partial charge < -0.3 is 25.4 Å². The summed E-state index contributed by atoms with van der Waals surface area (Å²) < 4.78 is 59.3. The standard InChI is InChI=1S/C36H41F4N3O5/c1-35(2,47)34(46)43-13-12-21(18-43)20-6-11-30(48-3)27(15-20)33(45)42-32-24-9-8-23(25(24)14-19-4-5-19)26(32)17-31(44)41-22-7-10-29(37)28(16-22)36(38,39)40/h6-7,10-11,14-16,19,21,23-24,26,32,47H,4-5,8-9,12-13,17-18H2,1-3H3,(H,41,44)(H,42,45)/b25-14-/t21?,23-,24+,26-,32-/m0/s1. The molecule has 0 spiro atoms. The molecule has 6 rings (SSSR count). The number of methoxy groups -OCH3 is 1. The Kier molecular flexibility index (Phi) is 9.08. The molecule has 1 saturated heterocycles. The number of nitrogens with zero attached hydrogens (tertiary/aromatic N) is 1. The van der Waals surface area contributed by atoms with E-state index >= 15 is 0 Å². The van der Waals surface area contributed by atoms with Gasteiger partial charge in [-0.2, -0.15) is 13.2 Å². The molecule has 2 aromatic carbocycles. The first-order chi connectivity index (χ1) is 22.6. The first-order valence-corrected chi connectivity index (χ1v) is 16.5. The summed E-state index contributed by atoms with van der Waals surface area (Å²) in [5.74, 6) is -2.02. The summed E-state index contributed by atoms with van der Waals surface area (Å²) in [6.45, 7) is 3.82. The lowest BCUT2D eigenvalue weighted by Gasteiger charge is -2.31. The van der Waals surface area contributed by atoms with Crippen molar-refractivity contribution in [2.45, 2.75) is 76.1 Å². The molecule has 0 aromatic heterocycles. The Morgan fingerprint density at radius 1 is 1.02 bits per heavy atom. The Balaban J connectivity index is 1.21. The number of rotatable bonds is 9. The van der Waals surface area contributed by atoms with E-state index in [4.69, 9.17) is 4.74 Å². The zero-order chi connectivity index (χ0) is 34.5. The quantitative estimate of drug-likeness (QED) is 0.222. The second-order valence-corrected chi connectivity index (χ2v) is 14.2. The molecular formula is C36H41F4N3O5. The summed E-state index contributed by atoms with van der Waals surface area (Å²) in [6, 6.07) is 7.38. The van der Waals surface area contributed by atoms with Crippen LogP contribution in [0.3, 0.4) is 0 Å². The van der Waals surface area contributed by atoms with E-state index in [-0.39, 0.29) is 53.6 Å². The second kappa shape index (κ2) is 12.8. The maximum Gasteiger partial charge on any atom is 0.419 e. The van der Waals surface area contributed by atoms with Crippen LogP contribution in [0.25, 0.3) is 0 Å². The summed E-state index contributed by atoms with van der Waals surface area (Å²) in [4.78, 5) is 41.6. The fourth-order valence-corrected chi connectivity index (χ4v) is 7.86. The molecule has 2 bridgehead atoms. The highest BCUT2D eigenvalue weighted by atomic mass is 19.4. The number of carbonyl (C=O) groups is 3. The molecule has 48 heavy (non-hydrogen) atoms. The summed E-state index contributed by atoms with van der Waals surface area (Å²) in [7, 11) is 1.48. The molecule has 3 saturated carbocycles. The van der Waals surface area contributed by atoms with Gasteiger partial charge in [0.2, 0.25) is 5.91 Å². The zero-order valence-electron chi connectivity index (χ0n) is 27.2. The minimum Gasteiger partial charge on any atom is -0.496 e. The van der Waals surface area contributed by atoms with Gasteiger partial charge in [0.15, 0.2) is 0 Å². The summed E-state index contributed by atoms with van der Waals surface area (Å²) in [5, 5.41) is 15.9. The van der Waals surface area contributed by atoms with Gasteiger partial charge in [0.05, 0.1) is 18.2 Å². The monoisotopic (exact) mass is 671 g/mol. The van der Waals surface area contributed by atoms with Crippen LogP contribution in [0.1, 0.15) is 79.8 Å². The van der Waals surface area contributed by atoms with Gasteiger partial charge in [-0.3, -0.25) is 14.4 Å². The van der Waals surface area contributed by atoms with Crippen LogP contribution in [0, 0.1) is 29.5 Å². The average Bonchev–Trinajstić information content (AvgIpc) is 3.45. The Labute approximate surface area is 276 Å². The van der Waals surface area contributed by atoms with Crippen LogP contribution < -0.4 is 15.4 Å². The van der Waals surface area contributed by atoms with E-state index in [0.29, 0.717) is 48.9 Å². The van der Waals surface area contributed by atoms with Crippen molar-refractivity contribution in [2.75, 3.05) is 25.5 Å². The van der Waals surface area contributed by atoms with E-state index in [0.717, 1.165) is 37.3 Å². The highest BCUT2D eigenvalue weighted by Crippen LogP contribution is 2.55. The topological polar surface area (TPSA) is 108 Å². The van der Waals surface area contributed by atoms with Crippen molar-refractivity contribution < 1.29 is 41.8 Å². The summed E-state index contributed by atoms with van der Waals surface area (Å²) in [6.07, 6.45) is 1.92. The highest BCUT2D eigenvalue weighted by molar-refractivity contribution is 5.98. The zero-order valence-corrected chi connectivity index (χ0v) is 27.2.